The molecule has 7 nitrogen and oxygen atoms in total. The smallest absolute Gasteiger partial charge is 0.284 e. The fraction of sp³-hybridized carbons (Fsp3) is 0.421. The third kappa shape index (κ3) is 6.04. The third-order valence-corrected chi connectivity index (χ3v) is 5.60. The maximum absolute atomic E-state index is 12.2. The highest BCUT2D eigenvalue weighted by Gasteiger charge is 2.22. The molecule has 2 aromatic rings. The van der Waals surface area contributed by atoms with Crippen LogP contribution < -0.4 is 9.62 Å². The van der Waals surface area contributed by atoms with Gasteiger partial charge in [0.15, 0.2) is 5.13 Å². The molecule has 1 heterocycles. The van der Waals surface area contributed by atoms with Crippen LogP contribution in [0.4, 0.5) is 10.8 Å². The first-order valence-electron chi connectivity index (χ1n) is 9.02. The van der Waals surface area contributed by atoms with Crippen LogP contribution in [0.25, 0.3) is 0 Å². The number of carbonyl (C=O) groups is 1. The lowest BCUT2D eigenvalue weighted by molar-refractivity contribution is 0.0977. The molecule has 28 heavy (non-hydrogen) atoms. The van der Waals surface area contributed by atoms with E-state index < -0.39 is 15.9 Å². The van der Waals surface area contributed by atoms with Gasteiger partial charge in [-0.2, -0.15) is 5.26 Å². The molecular formula is C19H24N4O3S2. The summed E-state index contributed by atoms with van der Waals surface area (Å²) in [6.45, 7) is 4.60. The summed E-state index contributed by atoms with van der Waals surface area (Å²) in [4.78, 5) is 19.3. The van der Waals surface area contributed by atoms with Crippen molar-refractivity contribution in [3.05, 3.63) is 40.4 Å². The summed E-state index contributed by atoms with van der Waals surface area (Å²) in [7, 11) is -3.66. The first-order valence-corrected chi connectivity index (χ1v) is 11.7. The molecule has 0 aliphatic rings. The highest BCUT2D eigenvalue weighted by molar-refractivity contribution is 7.89. The molecule has 0 fully saturated rings. The van der Waals surface area contributed by atoms with Gasteiger partial charge in [0.25, 0.3) is 5.91 Å². The van der Waals surface area contributed by atoms with E-state index in [-0.39, 0.29) is 5.69 Å². The number of rotatable bonds is 9. The summed E-state index contributed by atoms with van der Waals surface area (Å²) >= 11 is 1.34. The predicted octanol–water partition coefficient (Wildman–Crippen LogP) is 3.73. The van der Waals surface area contributed by atoms with E-state index in [2.05, 4.69) is 18.0 Å². The topological polar surface area (TPSA) is 103 Å². The minimum Gasteiger partial charge on any atom is -0.318 e. The maximum atomic E-state index is 12.2. The Labute approximate surface area is 170 Å². The summed E-state index contributed by atoms with van der Waals surface area (Å²) in [5.41, 5.74) is 1.55. The van der Waals surface area contributed by atoms with E-state index in [1.807, 2.05) is 21.8 Å². The number of amides is 1. The average molecular weight is 421 g/mol. The van der Waals surface area contributed by atoms with E-state index in [1.165, 1.54) is 11.3 Å². The van der Waals surface area contributed by atoms with E-state index >= 15 is 0 Å². The molecule has 150 valence electrons. The summed E-state index contributed by atoms with van der Waals surface area (Å²) in [5.74, 6) is -0.728. The van der Waals surface area contributed by atoms with Crippen LogP contribution in [-0.2, 0) is 10.0 Å². The zero-order valence-electron chi connectivity index (χ0n) is 16.2. The van der Waals surface area contributed by atoms with Crippen molar-refractivity contribution in [3.8, 4) is 6.07 Å². The van der Waals surface area contributed by atoms with Crippen molar-refractivity contribution in [2.24, 2.45) is 0 Å². The van der Waals surface area contributed by atoms with Gasteiger partial charge in [-0.1, -0.05) is 26.2 Å². The van der Waals surface area contributed by atoms with Gasteiger partial charge in [0.05, 0.1) is 17.9 Å². The predicted molar refractivity (Wildman–Crippen MR) is 111 cm³/mol. The normalized spacial score (nSPS) is 11.1. The number of carbonyl (C=O) groups excluding carboxylic acids is 1. The van der Waals surface area contributed by atoms with Gasteiger partial charge in [0, 0.05) is 17.1 Å². The molecule has 9 heteroatoms. The van der Waals surface area contributed by atoms with E-state index in [9.17, 15) is 13.2 Å². The zero-order chi connectivity index (χ0) is 20.7. The molecule has 1 aromatic heterocycles. The highest BCUT2D eigenvalue weighted by Crippen LogP contribution is 2.32. The molecule has 0 saturated heterocycles. The Morgan fingerprint density at radius 2 is 1.93 bits per heavy atom. The number of unbranched alkanes of at least 4 members (excludes halogenated alkanes) is 3. The monoisotopic (exact) mass is 420 g/mol. The van der Waals surface area contributed by atoms with Crippen molar-refractivity contribution < 1.29 is 13.2 Å². The number of hydrogen-bond donors (Lipinski definition) is 1. The van der Waals surface area contributed by atoms with Crippen molar-refractivity contribution >= 4 is 38.1 Å². The lowest BCUT2D eigenvalue weighted by atomic mass is 10.2. The molecule has 2 rings (SSSR count). The number of nitrogens with one attached hydrogen (secondary N) is 1. The number of anilines is 2. The number of thiazole rings is 1. The van der Waals surface area contributed by atoms with Gasteiger partial charge in [-0.3, -0.25) is 4.79 Å². The van der Waals surface area contributed by atoms with Crippen LogP contribution in [0.1, 0.15) is 53.5 Å². The number of nitriles is 1. The van der Waals surface area contributed by atoms with Crippen LogP contribution in [-0.4, -0.2) is 32.1 Å². The summed E-state index contributed by atoms with van der Waals surface area (Å²) in [6.07, 6.45) is 5.24. The molecule has 0 bridgehead atoms. The third-order valence-electron chi connectivity index (χ3n) is 4.05. The first-order chi connectivity index (χ1) is 13.2. The van der Waals surface area contributed by atoms with Crippen LogP contribution in [0.15, 0.2) is 24.3 Å². The number of aryl methyl sites for hydroxylation is 1. The van der Waals surface area contributed by atoms with Gasteiger partial charge < -0.3 is 4.90 Å². The van der Waals surface area contributed by atoms with Crippen molar-refractivity contribution in [1.29, 1.82) is 5.26 Å². The molecular weight excluding hydrogens is 396 g/mol. The van der Waals surface area contributed by atoms with Gasteiger partial charge in [0.1, 0.15) is 5.69 Å². The van der Waals surface area contributed by atoms with Crippen LogP contribution in [0.3, 0.4) is 0 Å². The number of aromatic nitrogens is 1. The Morgan fingerprint density at radius 1 is 1.25 bits per heavy atom. The molecule has 0 aliphatic heterocycles. The molecule has 0 saturated carbocycles. The lowest BCUT2D eigenvalue weighted by Gasteiger charge is -2.22. The van der Waals surface area contributed by atoms with Gasteiger partial charge in [-0.15, -0.1) is 11.3 Å². The van der Waals surface area contributed by atoms with Crippen LogP contribution in [0.2, 0.25) is 0 Å². The molecule has 0 aliphatic carbocycles. The SMILES string of the molecule is CCCCCCN(c1ccc(C#N)cc1)c1nc(C(=O)NS(C)(=O)=O)c(C)s1. The summed E-state index contributed by atoms with van der Waals surface area (Å²) in [5, 5.41) is 9.63. The Kier molecular flexibility index (Phi) is 7.54. The highest BCUT2D eigenvalue weighted by atomic mass is 32.2. The first kappa shape index (κ1) is 21.9. The Hall–Kier alpha value is -2.44. The molecule has 0 spiro atoms. The van der Waals surface area contributed by atoms with Crippen molar-refractivity contribution in [1.82, 2.24) is 9.71 Å². The second-order valence-corrected chi connectivity index (χ2v) is 9.41. The standard InChI is InChI=1S/C19H24N4O3S2/c1-4-5-6-7-12-23(16-10-8-15(13-20)9-11-16)19-21-17(14(2)27-19)18(24)22-28(3,25)26/h8-11H,4-7,12H2,1-3H3,(H,22,24). The minimum atomic E-state index is -3.66. The fourth-order valence-electron chi connectivity index (χ4n) is 2.67. The van der Waals surface area contributed by atoms with Crippen LogP contribution >= 0.6 is 11.3 Å². The number of hydrogen-bond acceptors (Lipinski definition) is 7. The van der Waals surface area contributed by atoms with E-state index in [0.717, 1.165) is 37.6 Å². The lowest BCUT2D eigenvalue weighted by Crippen LogP contribution is -2.30. The quantitative estimate of drug-likeness (QED) is 0.620. The molecule has 0 unspecified atom stereocenters. The van der Waals surface area contributed by atoms with Crippen molar-refractivity contribution in [3.63, 3.8) is 0 Å². The van der Waals surface area contributed by atoms with Gasteiger partial charge >= 0.3 is 0 Å². The number of benzene rings is 1. The fourth-order valence-corrected chi connectivity index (χ4v) is 4.06. The maximum Gasteiger partial charge on any atom is 0.284 e. The number of nitrogens with zero attached hydrogens (tertiary/aromatic N) is 3. The van der Waals surface area contributed by atoms with Crippen molar-refractivity contribution in [2.75, 3.05) is 17.7 Å². The Bertz CT molecular complexity index is 960. The van der Waals surface area contributed by atoms with Gasteiger partial charge in [-0.25, -0.2) is 18.1 Å². The number of sulfonamides is 1. The minimum absolute atomic E-state index is 0.109. The van der Waals surface area contributed by atoms with Gasteiger partial charge in [0.2, 0.25) is 10.0 Å². The Morgan fingerprint density at radius 3 is 2.50 bits per heavy atom. The molecule has 1 amide bonds. The second-order valence-electron chi connectivity index (χ2n) is 6.48. The van der Waals surface area contributed by atoms with E-state index in [1.54, 1.807) is 19.1 Å². The van der Waals surface area contributed by atoms with Crippen LogP contribution in [0, 0.1) is 18.3 Å². The van der Waals surface area contributed by atoms with Crippen LogP contribution in [0.5, 0.6) is 0 Å². The molecule has 1 aromatic carbocycles. The van der Waals surface area contributed by atoms with Gasteiger partial charge in [-0.05, 0) is 37.6 Å². The molecule has 1 N–H and O–H groups in total. The summed E-state index contributed by atoms with van der Waals surface area (Å²) in [6, 6.07) is 9.29. The van der Waals surface area contributed by atoms with Crippen molar-refractivity contribution in [2.45, 2.75) is 39.5 Å². The molecule has 0 radical (unpaired) electrons. The summed E-state index contributed by atoms with van der Waals surface area (Å²) < 4.78 is 24.7. The zero-order valence-corrected chi connectivity index (χ0v) is 17.9. The van der Waals surface area contributed by atoms with E-state index in [0.29, 0.717) is 22.1 Å². The largest absolute Gasteiger partial charge is 0.318 e. The second kappa shape index (κ2) is 9.66. The Balaban J connectivity index is 2.33. The van der Waals surface area contributed by atoms with E-state index in [4.69, 9.17) is 5.26 Å². The average Bonchev–Trinajstić information content (AvgIpc) is 3.02. The molecule has 0 atom stereocenters.